The summed E-state index contributed by atoms with van der Waals surface area (Å²) >= 11 is 0.872. The van der Waals surface area contributed by atoms with Gasteiger partial charge in [-0.2, -0.15) is 0 Å². The zero-order valence-electron chi connectivity index (χ0n) is 20.4. The van der Waals surface area contributed by atoms with Crippen LogP contribution in [0.25, 0.3) is 0 Å². The molecular formula is C26H25FN2O7S. The maximum atomic E-state index is 13.2. The fraction of sp³-hybridized carbons (Fsp3) is 0.269. The number of dihydropyridines is 1. The predicted octanol–water partition coefficient (Wildman–Crippen LogP) is 4.65. The minimum Gasteiger partial charge on any atom is -0.463 e. The Kier molecular flexibility index (Phi) is 9.18. The van der Waals surface area contributed by atoms with Crippen LogP contribution in [0.3, 0.4) is 0 Å². The molecule has 1 aliphatic heterocycles. The Morgan fingerprint density at radius 3 is 2.24 bits per heavy atom. The van der Waals surface area contributed by atoms with E-state index in [9.17, 15) is 28.9 Å². The third-order valence-electron chi connectivity index (χ3n) is 5.48. The zero-order valence-corrected chi connectivity index (χ0v) is 21.2. The van der Waals surface area contributed by atoms with Crippen LogP contribution in [0.5, 0.6) is 0 Å². The van der Waals surface area contributed by atoms with Crippen LogP contribution < -0.4 is 5.32 Å². The number of nitrogens with one attached hydrogen (secondary N) is 1. The first-order valence-corrected chi connectivity index (χ1v) is 12.4. The molecule has 3 rings (SSSR count). The van der Waals surface area contributed by atoms with Gasteiger partial charge in [0.15, 0.2) is 0 Å². The maximum absolute atomic E-state index is 13.2. The van der Waals surface area contributed by atoms with Crippen LogP contribution in [0.4, 0.5) is 10.1 Å². The molecule has 1 N–H and O–H groups in total. The Bertz CT molecular complexity index is 1290. The predicted molar refractivity (Wildman–Crippen MR) is 135 cm³/mol. The summed E-state index contributed by atoms with van der Waals surface area (Å²) in [7, 11) is 0. The van der Waals surface area contributed by atoms with Crippen LogP contribution in [0, 0.1) is 15.9 Å². The van der Waals surface area contributed by atoms with Crippen LogP contribution in [-0.4, -0.2) is 40.9 Å². The third kappa shape index (κ3) is 6.42. The fourth-order valence-corrected chi connectivity index (χ4v) is 4.70. The molecule has 0 aromatic heterocycles. The molecule has 1 atom stereocenters. The van der Waals surface area contributed by atoms with Gasteiger partial charge in [0.2, 0.25) is 5.12 Å². The molecule has 0 bridgehead atoms. The molecule has 0 aliphatic carbocycles. The lowest BCUT2D eigenvalue weighted by Crippen LogP contribution is -2.34. The van der Waals surface area contributed by atoms with Crippen molar-refractivity contribution in [3.05, 3.63) is 98.1 Å². The number of ether oxygens (including phenoxy) is 2. The molecule has 1 aliphatic rings. The number of nitro benzene ring substituents is 1. The third-order valence-corrected chi connectivity index (χ3v) is 6.41. The number of benzene rings is 2. The number of halogens is 1. The molecule has 2 aromatic carbocycles. The molecule has 194 valence electrons. The summed E-state index contributed by atoms with van der Waals surface area (Å²) < 4.78 is 23.8. The largest absolute Gasteiger partial charge is 0.463 e. The van der Waals surface area contributed by atoms with Crippen LogP contribution in [-0.2, 0) is 19.1 Å². The number of nitro groups is 1. The Morgan fingerprint density at radius 1 is 1.03 bits per heavy atom. The number of carbonyl (C=O) groups is 3. The summed E-state index contributed by atoms with van der Waals surface area (Å²) in [5, 5.41) is 14.1. The molecule has 11 heteroatoms. The monoisotopic (exact) mass is 528 g/mol. The van der Waals surface area contributed by atoms with Gasteiger partial charge in [0.25, 0.3) is 5.69 Å². The zero-order chi connectivity index (χ0) is 27.1. The van der Waals surface area contributed by atoms with Crippen molar-refractivity contribution in [3.8, 4) is 0 Å². The van der Waals surface area contributed by atoms with Gasteiger partial charge < -0.3 is 14.8 Å². The fourth-order valence-electron chi connectivity index (χ4n) is 3.90. The smallest absolute Gasteiger partial charge is 0.336 e. The summed E-state index contributed by atoms with van der Waals surface area (Å²) in [5.41, 5.74) is 1.18. The first kappa shape index (κ1) is 27.6. The van der Waals surface area contributed by atoms with Gasteiger partial charge in [-0.15, -0.1) is 0 Å². The first-order valence-electron chi connectivity index (χ1n) is 11.4. The number of thioether (sulfide) groups is 1. The molecule has 1 unspecified atom stereocenters. The van der Waals surface area contributed by atoms with Crippen molar-refractivity contribution >= 4 is 34.5 Å². The van der Waals surface area contributed by atoms with E-state index in [1.807, 2.05) is 0 Å². The van der Waals surface area contributed by atoms with Gasteiger partial charge in [0, 0.05) is 34.8 Å². The second kappa shape index (κ2) is 12.3. The molecule has 1 heterocycles. The van der Waals surface area contributed by atoms with Crippen molar-refractivity contribution in [2.24, 2.45) is 0 Å². The lowest BCUT2D eigenvalue weighted by molar-refractivity contribution is -0.384. The van der Waals surface area contributed by atoms with Crippen molar-refractivity contribution in [2.75, 3.05) is 19.0 Å². The Morgan fingerprint density at radius 2 is 1.65 bits per heavy atom. The van der Waals surface area contributed by atoms with E-state index in [-0.39, 0.29) is 46.5 Å². The second-order valence-electron chi connectivity index (χ2n) is 7.86. The molecule has 2 aromatic rings. The van der Waals surface area contributed by atoms with Gasteiger partial charge in [-0.3, -0.25) is 14.9 Å². The van der Waals surface area contributed by atoms with Crippen LogP contribution in [0.2, 0.25) is 0 Å². The molecule has 0 fully saturated rings. The van der Waals surface area contributed by atoms with Crippen LogP contribution in [0.15, 0.2) is 71.1 Å². The van der Waals surface area contributed by atoms with Gasteiger partial charge >= 0.3 is 11.9 Å². The highest BCUT2D eigenvalue weighted by molar-refractivity contribution is 8.14. The average molecular weight is 529 g/mol. The van der Waals surface area contributed by atoms with E-state index in [1.54, 1.807) is 26.8 Å². The van der Waals surface area contributed by atoms with E-state index in [1.165, 1.54) is 42.5 Å². The molecule has 0 saturated carbocycles. The number of carbonyl (C=O) groups excluding carboxylic acids is 3. The van der Waals surface area contributed by atoms with Crippen molar-refractivity contribution < 1.29 is 33.2 Å². The first-order chi connectivity index (χ1) is 17.7. The van der Waals surface area contributed by atoms with Gasteiger partial charge in [0.1, 0.15) is 5.82 Å². The second-order valence-corrected chi connectivity index (χ2v) is 8.81. The number of allylic oxidation sites excluding steroid dienone is 1. The van der Waals surface area contributed by atoms with E-state index in [2.05, 4.69) is 5.32 Å². The molecular weight excluding hydrogens is 503 g/mol. The minimum absolute atomic E-state index is 0.0107. The van der Waals surface area contributed by atoms with Gasteiger partial charge in [-0.25, -0.2) is 14.0 Å². The van der Waals surface area contributed by atoms with E-state index in [4.69, 9.17) is 9.47 Å². The summed E-state index contributed by atoms with van der Waals surface area (Å²) in [6.45, 7) is 4.99. The van der Waals surface area contributed by atoms with E-state index >= 15 is 0 Å². The highest BCUT2D eigenvalue weighted by Crippen LogP contribution is 2.41. The normalized spacial score (nSPS) is 15.2. The summed E-state index contributed by atoms with van der Waals surface area (Å²) in [6, 6.07) is 10.7. The molecule has 0 radical (unpaired) electrons. The number of hydrogen-bond acceptors (Lipinski definition) is 9. The summed E-state index contributed by atoms with van der Waals surface area (Å²) in [5.74, 6) is -2.97. The number of non-ortho nitro benzene ring substituents is 1. The van der Waals surface area contributed by atoms with E-state index in [0.717, 1.165) is 11.8 Å². The van der Waals surface area contributed by atoms with E-state index in [0.29, 0.717) is 17.0 Å². The Labute approximate surface area is 216 Å². The molecule has 37 heavy (non-hydrogen) atoms. The summed E-state index contributed by atoms with van der Waals surface area (Å²) in [4.78, 5) is 49.8. The molecule has 0 spiro atoms. The van der Waals surface area contributed by atoms with Gasteiger partial charge in [0.05, 0.1) is 35.2 Å². The van der Waals surface area contributed by atoms with Crippen LogP contribution >= 0.6 is 11.8 Å². The standard InChI is InChI=1S/C26H25FN2O7S/c1-4-35-24(30)21-15(3)28-20(14-37-26(32)16-9-11-18(27)12-10-16)23(25(31)36-5-2)22(21)17-7-6-8-19(13-17)29(33)34/h6-13,22,28H,4-5,14H2,1-3H3. The minimum atomic E-state index is -1.05. The van der Waals surface area contributed by atoms with Gasteiger partial charge in [-0.05, 0) is 50.6 Å². The molecule has 9 nitrogen and oxygen atoms in total. The van der Waals surface area contributed by atoms with Gasteiger partial charge in [-0.1, -0.05) is 23.9 Å². The van der Waals surface area contributed by atoms with Crippen LogP contribution in [0.1, 0.15) is 42.6 Å². The maximum Gasteiger partial charge on any atom is 0.336 e. The lowest BCUT2D eigenvalue weighted by atomic mass is 9.80. The molecule has 0 amide bonds. The number of esters is 2. The number of nitrogens with zero attached hydrogens (tertiary/aromatic N) is 1. The average Bonchev–Trinajstić information content (AvgIpc) is 2.87. The highest BCUT2D eigenvalue weighted by atomic mass is 32.2. The number of rotatable bonds is 9. The Balaban J connectivity index is 2.12. The lowest BCUT2D eigenvalue weighted by Gasteiger charge is -2.31. The van der Waals surface area contributed by atoms with Crippen molar-refractivity contribution in [2.45, 2.75) is 26.7 Å². The van der Waals surface area contributed by atoms with Crippen molar-refractivity contribution in [3.63, 3.8) is 0 Å². The summed E-state index contributed by atoms with van der Waals surface area (Å²) in [6.07, 6.45) is 0. The van der Waals surface area contributed by atoms with Crippen molar-refractivity contribution in [1.82, 2.24) is 5.32 Å². The van der Waals surface area contributed by atoms with E-state index < -0.39 is 28.6 Å². The topological polar surface area (TPSA) is 125 Å². The molecule has 0 saturated heterocycles. The number of hydrogen-bond donors (Lipinski definition) is 1. The highest BCUT2D eigenvalue weighted by Gasteiger charge is 2.39. The SMILES string of the molecule is CCOC(=O)C1=C(C)NC(CSC(=O)c2ccc(F)cc2)=C(C(=O)OCC)C1c1cccc([N+](=O)[O-])c1. The Hall–Kier alpha value is -3.99. The quantitative estimate of drug-likeness (QED) is 0.281. The van der Waals surface area contributed by atoms with Crippen molar-refractivity contribution in [1.29, 1.82) is 0 Å².